The molecule has 4 nitrogen and oxygen atoms in total. The average molecular weight is 309 g/mol. The van der Waals surface area contributed by atoms with Crippen molar-refractivity contribution >= 4 is 29.1 Å². The summed E-state index contributed by atoms with van der Waals surface area (Å²) in [6, 6.07) is 5.34. The van der Waals surface area contributed by atoms with Gasteiger partial charge < -0.3 is 10.2 Å². The lowest BCUT2D eigenvalue weighted by atomic mass is 10.2. The van der Waals surface area contributed by atoms with Gasteiger partial charge in [0.15, 0.2) is 0 Å². The fourth-order valence-corrected chi connectivity index (χ4v) is 2.68. The Bertz CT molecular complexity index is 523. The first-order valence-electron chi connectivity index (χ1n) is 7.40. The Morgan fingerprint density at radius 1 is 1.19 bits per heavy atom. The van der Waals surface area contributed by atoms with Gasteiger partial charge in [-0.05, 0) is 37.5 Å². The van der Waals surface area contributed by atoms with Crippen molar-refractivity contribution < 1.29 is 9.59 Å². The Hall–Kier alpha value is -1.55. The van der Waals surface area contributed by atoms with Crippen molar-refractivity contribution in [2.75, 3.05) is 18.4 Å². The Labute approximate surface area is 130 Å². The standard InChI is InChI=1S/C16H21ClN2O2/c1-12-13(17)7-6-8-14(12)18-15(20)11-16(21)19-9-4-2-3-5-10-19/h6-8H,2-5,9-11H2,1H3,(H,18,20). The minimum atomic E-state index is -0.283. The molecule has 0 aromatic heterocycles. The first-order valence-corrected chi connectivity index (χ1v) is 7.78. The van der Waals surface area contributed by atoms with Crippen LogP contribution in [-0.4, -0.2) is 29.8 Å². The van der Waals surface area contributed by atoms with Crippen LogP contribution >= 0.6 is 11.6 Å². The van der Waals surface area contributed by atoms with Crippen molar-refractivity contribution in [1.82, 2.24) is 4.90 Å². The van der Waals surface area contributed by atoms with Crippen molar-refractivity contribution in [3.05, 3.63) is 28.8 Å². The van der Waals surface area contributed by atoms with E-state index in [1.807, 2.05) is 6.92 Å². The lowest BCUT2D eigenvalue weighted by Gasteiger charge is -2.20. The van der Waals surface area contributed by atoms with Crippen LogP contribution in [0.2, 0.25) is 5.02 Å². The lowest BCUT2D eigenvalue weighted by Crippen LogP contribution is -2.34. The molecule has 1 aromatic carbocycles. The smallest absolute Gasteiger partial charge is 0.233 e. The second-order valence-electron chi connectivity index (χ2n) is 5.43. The molecule has 0 aliphatic carbocycles. The van der Waals surface area contributed by atoms with Crippen LogP contribution in [0.3, 0.4) is 0 Å². The van der Waals surface area contributed by atoms with Gasteiger partial charge in [0.05, 0.1) is 0 Å². The fraction of sp³-hybridized carbons (Fsp3) is 0.500. The number of benzene rings is 1. The molecule has 1 fully saturated rings. The second-order valence-corrected chi connectivity index (χ2v) is 5.84. The molecule has 0 radical (unpaired) electrons. The number of hydrogen-bond donors (Lipinski definition) is 1. The van der Waals surface area contributed by atoms with E-state index in [1.165, 1.54) is 0 Å². The molecular weight excluding hydrogens is 288 g/mol. The molecular formula is C16H21ClN2O2. The summed E-state index contributed by atoms with van der Waals surface area (Å²) in [5.74, 6) is -0.372. The number of halogens is 1. The largest absolute Gasteiger partial charge is 0.342 e. The summed E-state index contributed by atoms with van der Waals surface area (Å²) in [6.07, 6.45) is 4.28. The fourth-order valence-electron chi connectivity index (χ4n) is 2.51. The van der Waals surface area contributed by atoms with Crippen LogP contribution in [0.5, 0.6) is 0 Å². The number of likely N-dealkylation sites (tertiary alicyclic amines) is 1. The lowest BCUT2D eigenvalue weighted by molar-refractivity contribution is -0.134. The molecule has 1 aliphatic rings. The van der Waals surface area contributed by atoms with E-state index in [0.717, 1.165) is 44.3 Å². The van der Waals surface area contributed by atoms with E-state index in [4.69, 9.17) is 11.6 Å². The zero-order chi connectivity index (χ0) is 15.2. The van der Waals surface area contributed by atoms with E-state index in [1.54, 1.807) is 23.1 Å². The van der Waals surface area contributed by atoms with Gasteiger partial charge in [0.1, 0.15) is 6.42 Å². The molecule has 0 saturated carbocycles. The first kappa shape index (κ1) is 15.8. The number of nitrogens with zero attached hydrogens (tertiary/aromatic N) is 1. The number of carbonyl (C=O) groups excluding carboxylic acids is 2. The molecule has 5 heteroatoms. The molecule has 1 saturated heterocycles. The maximum Gasteiger partial charge on any atom is 0.233 e. The van der Waals surface area contributed by atoms with Crippen molar-refractivity contribution in [3.8, 4) is 0 Å². The molecule has 0 unspecified atom stereocenters. The number of amides is 2. The van der Waals surface area contributed by atoms with Gasteiger partial charge in [-0.1, -0.05) is 30.5 Å². The van der Waals surface area contributed by atoms with E-state index in [0.29, 0.717) is 10.7 Å². The van der Waals surface area contributed by atoms with Crippen molar-refractivity contribution in [3.63, 3.8) is 0 Å². The zero-order valence-electron chi connectivity index (χ0n) is 12.3. The van der Waals surface area contributed by atoms with E-state index < -0.39 is 0 Å². The van der Waals surface area contributed by atoms with Crippen molar-refractivity contribution in [2.24, 2.45) is 0 Å². The van der Waals surface area contributed by atoms with Crippen molar-refractivity contribution in [2.45, 2.75) is 39.0 Å². The third kappa shape index (κ3) is 4.46. The summed E-state index contributed by atoms with van der Waals surface area (Å²) in [4.78, 5) is 26.0. The van der Waals surface area contributed by atoms with Gasteiger partial charge in [0, 0.05) is 23.8 Å². The van der Waals surface area contributed by atoms with Crippen LogP contribution in [0.15, 0.2) is 18.2 Å². The van der Waals surface area contributed by atoms with Crippen molar-refractivity contribution in [1.29, 1.82) is 0 Å². The summed E-state index contributed by atoms with van der Waals surface area (Å²) in [5, 5.41) is 3.37. The third-order valence-corrected chi connectivity index (χ3v) is 4.22. The maximum absolute atomic E-state index is 12.1. The molecule has 2 amide bonds. The Morgan fingerprint density at radius 3 is 2.52 bits per heavy atom. The zero-order valence-corrected chi connectivity index (χ0v) is 13.1. The van der Waals surface area contributed by atoms with Gasteiger partial charge in [-0.15, -0.1) is 0 Å². The summed E-state index contributed by atoms with van der Waals surface area (Å²) in [5.41, 5.74) is 1.48. The van der Waals surface area contributed by atoms with Crippen LogP contribution in [-0.2, 0) is 9.59 Å². The van der Waals surface area contributed by atoms with Gasteiger partial charge in [0.25, 0.3) is 0 Å². The van der Waals surface area contributed by atoms with Crippen LogP contribution in [0.4, 0.5) is 5.69 Å². The van der Waals surface area contributed by atoms with Crippen LogP contribution in [0, 0.1) is 6.92 Å². The van der Waals surface area contributed by atoms with Gasteiger partial charge >= 0.3 is 0 Å². The number of rotatable bonds is 3. The summed E-state index contributed by atoms with van der Waals surface area (Å²) >= 11 is 6.02. The minimum absolute atomic E-state index is 0.0888. The molecule has 1 aromatic rings. The Balaban J connectivity index is 1.91. The van der Waals surface area contributed by atoms with Gasteiger partial charge in [-0.25, -0.2) is 0 Å². The SMILES string of the molecule is Cc1c(Cl)cccc1NC(=O)CC(=O)N1CCCCCC1. The highest BCUT2D eigenvalue weighted by Gasteiger charge is 2.19. The number of nitrogens with one attached hydrogen (secondary N) is 1. The summed E-state index contributed by atoms with van der Waals surface area (Å²) in [7, 11) is 0. The van der Waals surface area contributed by atoms with Crippen LogP contribution in [0.25, 0.3) is 0 Å². The second kappa shape index (κ2) is 7.46. The molecule has 0 atom stereocenters. The Morgan fingerprint density at radius 2 is 1.86 bits per heavy atom. The number of hydrogen-bond acceptors (Lipinski definition) is 2. The normalized spacial score (nSPS) is 15.4. The monoisotopic (exact) mass is 308 g/mol. The van der Waals surface area contributed by atoms with E-state index in [9.17, 15) is 9.59 Å². The van der Waals surface area contributed by atoms with E-state index in [2.05, 4.69) is 5.32 Å². The van der Waals surface area contributed by atoms with Gasteiger partial charge in [0.2, 0.25) is 11.8 Å². The molecule has 114 valence electrons. The summed E-state index contributed by atoms with van der Waals surface area (Å²) in [6.45, 7) is 3.37. The van der Waals surface area contributed by atoms with Gasteiger partial charge in [-0.3, -0.25) is 9.59 Å². The minimum Gasteiger partial charge on any atom is -0.342 e. The molecule has 2 rings (SSSR count). The molecule has 1 aliphatic heterocycles. The van der Waals surface area contributed by atoms with Gasteiger partial charge in [-0.2, -0.15) is 0 Å². The van der Waals surface area contributed by atoms with Crippen LogP contribution in [0.1, 0.15) is 37.7 Å². The molecule has 0 bridgehead atoms. The predicted octanol–water partition coefficient (Wildman–Crippen LogP) is 3.38. The molecule has 0 spiro atoms. The van der Waals surface area contributed by atoms with E-state index >= 15 is 0 Å². The highest BCUT2D eigenvalue weighted by atomic mass is 35.5. The Kier molecular flexibility index (Phi) is 5.62. The quantitative estimate of drug-likeness (QED) is 0.870. The number of carbonyl (C=O) groups is 2. The average Bonchev–Trinajstić information content (AvgIpc) is 2.73. The van der Waals surface area contributed by atoms with Crippen LogP contribution < -0.4 is 5.32 Å². The van der Waals surface area contributed by atoms with E-state index in [-0.39, 0.29) is 18.2 Å². The third-order valence-electron chi connectivity index (χ3n) is 3.81. The molecule has 1 heterocycles. The maximum atomic E-state index is 12.1. The highest BCUT2D eigenvalue weighted by Crippen LogP contribution is 2.23. The highest BCUT2D eigenvalue weighted by molar-refractivity contribution is 6.31. The summed E-state index contributed by atoms with van der Waals surface area (Å²) < 4.78 is 0. The first-order chi connectivity index (χ1) is 10.1. The molecule has 21 heavy (non-hydrogen) atoms. The topological polar surface area (TPSA) is 49.4 Å². The number of anilines is 1. The molecule has 1 N–H and O–H groups in total. The predicted molar refractivity (Wildman–Crippen MR) is 84.5 cm³/mol.